The standard InChI is InChI=1S/C13H14N2/c1-10-7-11-5-3-4-6-12(11)15-9-14(2)8-13(10)15/h3-8H,9H2,1-2H3. The van der Waals surface area contributed by atoms with Gasteiger partial charge in [0.2, 0.25) is 0 Å². The minimum Gasteiger partial charge on any atom is -0.361 e. The van der Waals surface area contributed by atoms with Crippen LogP contribution in [0, 0.1) is 0 Å². The first-order chi connectivity index (χ1) is 7.25. The van der Waals surface area contributed by atoms with Crippen LogP contribution < -0.4 is 4.90 Å². The van der Waals surface area contributed by atoms with Crippen LogP contribution in [-0.4, -0.2) is 18.6 Å². The maximum absolute atomic E-state index is 2.37. The van der Waals surface area contributed by atoms with Crippen LogP contribution in [0.1, 0.15) is 12.5 Å². The van der Waals surface area contributed by atoms with Crippen LogP contribution in [0.5, 0.6) is 0 Å². The summed E-state index contributed by atoms with van der Waals surface area (Å²) in [5, 5.41) is 0. The number of allylic oxidation sites excluding steroid dienone is 1. The van der Waals surface area contributed by atoms with E-state index in [1.54, 1.807) is 0 Å². The lowest BCUT2D eigenvalue weighted by Crippen LogP contribution is -2.26. The maximum atomic E-state index is 2.37. The predicted molar refractivity (Wildman–Crippen MR) is 63.3 cm³/mol. The Morgan fingerprint density at radius 2 is 2.00 bits per heavy atom. The van der Waals surface area contributed by atoms with E-state index in [1.165, 1.54) is 22.5 Å². The largest absolute Gasteiger partial charge is 0.361 e. The number of para-hydroxylation sites is 1. The lowest BCUT2D eigenvalue weighted by molar-refractivity contribution is 0.495. The van der Waals surface area contributed by atoms with Crippen LogP contribution in [0.3, 0.4) is 0 Å². The van der Waals surface area contributed by atoms with Gasteiger partial charge in [0.25, 0.3) is 0 Å². The average Bonchev–Trinajstić information content (AvgIpc) is 2.61. The van der Waals surface area contributed by atoms with E-state index in [4.69, 9.17) is 0 Å². The average molecular weight is 198 g/mol. The Morgan fingerprint density at radius 3 is 2.87 bits per heavy atom. The van der Waals surface area contributed by atoms with Crippen molar-refractivity contribution in [3.63, 3.8) is 0 Å². The summed E-state index contributed by atoms with van der Waals surface area (Å²) in [7, 11) is 2.11. The topological polar surface area (TPSA) is 6.48 Å². The molecule has 1 aromatic carbocycles. The molecule has 1 aromatic rings. The molecule has 76 valence electrons. The first kappa shape index (κ1) is 8.60. The second-order valence-electron chi connectivity index (χ2n) is 4.23. The fourth-order valence-corrected chi connectivity index (χ4v) is 2.30. The third-order valence-corrected chi connectivity index (χ3v) is 3.00. The predicted octanol–water partition coefficient (Wildman–Crippen LogP) is 2.65. The van der Waals surface area contributed by atoms with E-state index in [2.05, 4.69) is 60.3 Å². The zero-order valence-corrected chi connectivity index (χ0v) is 9.07. The van der Waals surface area contributed by atoms with Gasteiger partial charge in [0.05, 0.1) is 18.1 Å². The Hall–Kier alpha value is -1.70. The molecule has 0 N–H and O–H groups in total. The molecule has 0 unspecified atom stereocenters. The molecule has 15 heavy (non-hydrogen) atoms. The summed E-state index contributed by atoms with van der Waals surface area (Å²) in [5.41, 5.74) is 5.32. The van der Waals surface area contributed by atoms with Crippen LogP contribution in [0.15, 0.2) is 41.7 Å². The van der Waals surface area contributed by atoms with Gasteiger partial charge in [-0.2, -0.15) is 0 Å². The molecule has 0 fully saturated rings. The van der Waals surface area contributed by atoms with E-state index in [0.29, 0.717) is 0 Å². The molecule has 0 aliphatic carbocycles. The number of fused-ring (bicyclic) bond motifs is 3. The highest BCUT2D eigenvalue weighted by Crippen LogP contribution is 2.36. The van der Waals surface area contributed by atoms with Crippen LogP contribution in [0.2, 0.25) is 0 Å². The van der Waals surface area contributed by atoms with Crippen LogP contribution in [-0.2, 0) is 0 Å². The summed E-state index contributed by atoms with van der Waals surface area (Å²) in [5.74, 6) is 0. The molecule has 2 heterocycles. The fraction of sp³-hybridized carbons (Fsp3) is 0.231. The van der Waals surface area contributed by atoms with Crippen molar-refractivity contribution in [1.82, 2.24) is 4.90 Å². The first-order valence-electron chi connectivity index (χ1n) is 5.23. The first-order valence-corrected chi connectivity index (χ1v) is 5.23. The monoisotopic (exact) mass is 198 g/mol. The molecular weight excluding hydrogens is 184 g/mol. The molecule has 0 spiro atoms. The third kappa shape index (κ3) is 1.18. The highest BCUT2D eigenvalue weighted by Gasteiger charge is 2.25. The summed E-state index contributed by atoms with van der Waals surface area (Å²) >= 11 is 0. The molecule has 2 nitrogen and oxygen atoms in total. The van der Waals surface area contributed by atoms with Gasteiger partial charge in [0.1, 0.15) is 0 Å². The van der Waals surface area contributed by atoms with E-state index < -0.39 is 0 Å². The Balaban J connectivity index is 2.19. The van der Waals surface area contributed by atoms with Crippen molar-refractivity contribution in [2.45, 2.75) is 6.92 Å². The number of hydrogen-bond donors (Lipinski definition) is 0. The summed E-state index contributed by atoms with van der Waals surface area (Å²) in [6.07, 6.45) is 4.47. The Kier molecular flexibility index (Phi) is 1.66. The van der Waals surface area contributed by atoms with E-state index in [9.17, 15) is 0 Å². The molecule has 2 aliphatic heterocycles. The Labute approximate surface area is 90.1 Å². The molecule has 3 rings (SSSR count). The molecular formula is C13H14N2. The SMILES string of the molecule is CC1=Cc2ccccc2N2CN(C)C=C12. The highest BCUT2D eigenvalue weighted by atomic mass is 15.3. The summed E-state index contributed by atoms with van der Waals surface area (Å²) < 4.78 is 0. The van der Waals surface area contributed by atoms with E-state index in [-0.39, 0.29) is 0 Å². The van der Waals surface area contributed by atoms with Crippen molar-refractivity contribution in [3.8, 4) is 0 Å². The van der Waals surface area contributed by atoms with Gasteiger partial charge in [0, 0.05) is 13.2 Å². The minimum absolute atomic E-state index is 0.956. The molecule has 0 saturated carbocycles. The van der Waals surface area contributed by atoms with Crippen LogP contribution >= 0.6 is 0 Å². The van der Waals surface area contributed by atoms with Crippen molar-refractivity contribution < 1.29 is 0 Å². The van der Waals surface area contributed by atoms with Crippen LogP contribution in [0.4, 0.5) is 5.69 Å². The molecule has 2 heteroatoms. The van der Waals surface area contributed by atoms with Crippen molar-refractivity contribution in [2.75, 3.05) is 18.6 Å². The van der Waals surface area contributed by atoms with E-state index >= 15 is 0 Å². The lowest BCUT2D eigenvalue weighted by Gasteiger charge is -2.28. The number of nitrogens with zero attached hydrogens (tertiary/aromatic N) is 2. The van der Waals surface area contributed by atoms with Gasteiger partial charge in [-0.15, -0.1) is 0 Å². The third-order valence-electron chi connectivity index (χ3n) is 3.00. The van der Waals surface area contributed by atoms with Gasteiger partial charge < -0.3 is 9.80 Å². The summed E-state index contributed by atoms with van der Waals surface area (Å²) in [6.45, 7) is 3.13. The lowest BCUT2D eigenvalue weighted by atomic mass is 10.0. The normalized spacial score (nSPS) is 18.3. The van der Waals surface area contributed by atoms with Gasteiger partial charge in [0.15, 0.2) is 0 Å². The van der Waals surface area contributed by atoms with Gasteiger partial charge in [-0.05, 0) is 30.2 Å². The highest BCUT2D eigenvalue weighted by molar-refractivity contribution is 5.79. The Bertz CT molecular complexity index is 471. The molecule has 0 bridgehead atoms. The quantitative estimate of drug-likeness (QED) is 0.632. The fourth-order valence-electron chi connectivity index (χ4n) is 2.30. The van der Waals surface area contributed by atoms with Crippen molar-refractivity contribution >= 4 is 11.8 Å². The van der Waals surface area contributed by atoms with Crippen LogP contribution in [0.25, 0.3) is 6.08 Å². The minimum atomic E-state index is 0.956. The van der Waals surface area contributed by atoms with Crippen molar-refractivity contribution in [1.29, 1.82) is 0 Å². The number of hydrogen-bond acceptors (Lipinski definition) is 2. The molecule has 2 aliphatic rings. The molecule has 0 radical (unpaired) electrons. The zero-order chi connectivity index (χ0) is 10.4. The van der Waals surface area contributed by atoms with Gasteiger partial charge in [-0.1, -0.05) is 18.2 Å². The second kappa shape index (κ2) is 2.89. The van der Waals surface area contributed by atoms with Crippen molar-refractivity contribution in [2.24, 2.45) is 0 Å². The zero-order valence-electron chi connectivity index (χ0n) is 9.07. The maximum Gasteiger partial charge on any atom is 0.0945 e. The van der Waals surface area contributed by atoms with Gasteiger partial charge in [-0.25, -0.2) is 0 Å². The molecule has 0 atom stereocenters. The summed E-state index contributed by atoms with van der Waals surface area (Å²) in [6, 6.07) is 8.56. The Morgan fingerprint density at radius 1 is 1.20 bits per heavy atom. The van der Waals surface area contributed by atoms with Gasteiger partial charge in [-0.3, -0.25) is 0 Å². The molecule has 0 saturated heterocycles. The molecule has 0 amide bonds. The second-order valence-corrected chi connectivity index (χ2v) is 4.23. The number of rotatable bonds is 0. The number of anilines is 1. The summed E-state index contributed by atoms with van der Waals surface area (Å²) in [4.78, 5) is 4.58. The van der Waals surface area contributed by atoms with E-state index in [0.717, 1.165) is 6.67 Å². The van der Waals surface area contributed by atoms with E-state index in [1.807, 2.05) is 0 Å². The smallest absolute Gasteiger partial charge is 0.0945 e. The number of benzene rings is 1. The van der Waals surface area contributed by atoms with Gasteiger partial charge >= 0.3 is 0 Å². The molecule has 0 aromatic heterocycles. The van der Waals surface area contributed by atoms with Crippen molar-refractivity contribution in [3.05, 3.63) is 47.3 Å².